The van der Waals surface area contributed by atoms with Crippen molar-refractivity contribution in [3.05, 3.63) is 51.4 Å². The summed E-state index contributed by atoms with van der Waals surface area (Å²) in [6.07, 6.45) is 0.609. The lowest BCUT2D eigenvalue weighted by molar-refractivity contribution is -0.323. The molecule has 6 heteroatoms. The number of benzene rings is 1. The Bertz CT molecular complexity index is 997. The van der Waals surface area contributed by atoms with Crippen LogP contribution in [0.15, 0.2) is 24.3 Å². The summed E-state index contributed by atoms with van der Waals surface area (Å²) in [4.78, 5) is 17.0. The molecular weight excluding hydrogens is 320 g/mol. The predicted octanol–water partition coefficient (Wildman–Crippen LogP) is 2.85. The van der Waals surface area contributed by atoms with E-state index < -0.39 is 0 Å². The van der Waals surface area contributed by atoms with Gasteiger partial charge in [0.1, 0.15) is 16.5 Å². The van der Waals surface area contributed by atoms with Crippen molar-refractivity contribution >= 4 is 38.8 Å². The van der Waals surface area contributed by atoms with Gasteiger partial charge in [-0.15, -0.1) is 0 Å². The first-order valence-electron chi connectivity index (χ1n) is 7.55. The molecule has 0 spiro atoms. The molecule has 120 valence electrons. The fourth-order valence-corrected chi connectivity index (χ4v) is 3.91. The lowest BCUT2D eigenvalue weighted by atomic mass is 10.0. The molecule has 0 saturated heterocycles. The maximum atomic E-state index is 12.8. The summed E-state index contributed by atoms with van der Waals surface area (Å²) in [6.45, 7) is 3.91. The quantitative estimate of drug-likeness (QED) is 0.716. The van der Waals surface area contributed by atoms with Crippen LogP contribution < -0.4 is 16.5 Å². The minimum absolute atomic E-state index is 0.124. The number of hydrogen-bond acceptors (Lipinski definition) is 5. The van der Waals surface area contributed by atoms with Gasteiger partial charge in [-0.3, -0.25) is 10.5 Å². The zero-order valence-corrected chi connectivity index (χ0v) is 14.3. The van der Waals surface area contributed by atoms with Gasteiger partial charge < -0.3 is 5.73 Å². The van der Waals surface area contributed by atoms with Gasteiger partial charge in [-0.25, -0.2) is 4.98 Å². The van der Waals surface area contributed by atoms with Crippen LogP contribution in [-0.2, 0) is 6.42 Å². The van der Waals surface area contributed by atoms with Crippen molar-refractivity contribution in [2.45, 2.75) is 20.3 Å². The lowest BCUT2D eigenvalue weighted by Crippen LogP contribution is -2.14. The number of H-pyrrole nitrogens is 1. The number of nitriles is 1. The van der Waals surface area contributed by atoms with Gasteiger partial charge >= 0.3 is 0 Å². The molecule has 3 rings (SSSR count). The number of aromatic amines is 1. The predicted molar refractivity (Wildman–Crippen MR) is 95.9 cm³/mol. The van der Waals surface area contributed by atoms with Crippen LogP contribution in [0.2, 0.25) is 0 Å². The Morgan fingerprint density at radius 2 is 1.96 bits per heavy atom. The van der Waals surface area contributed by atoms with Crippen molar-refractivity contribution in [2.24, 2.45) is 0 Å². The van der Waals surface area contributed by atoms with E-state index in [0.717, 1.165) is 21.3 Å². The maximum absolute atomic E-state index is 12.8. The highest BCUT2D eigenvalue weighted by Gasteiger charge is 2.25. The summed E-state index contributed by atoms with van der Waals surface area (Å²) in [5.41, 5.74) is 15.5. The number of carbonyl (C=O) groups is 1. The molecule has 0 amide bonds. The number of hydrogen-bond donors (Lipinski definition) is 2. The number of aromatic nitrogens is 1. The van der Waals surface area contributed by atoms with E-state index in [4.69, 9.17) is 11.5 Å². The number of thiophene rings is 1. The van der Waals surface area contributed by atoms with E-state index >= 15 is 0 Å². The summed E-state index contributed by atoms with van der Waals surface area (Å²) in [5.74, 6) is 0.179. The van der Waals surface area contributed by atoms with E-state index in [9.17, 15) is 10.1 Å². The monoisotopic (exact) mass is 337 g/mol. The number of nitrogens with zero attached hydrogens (tertiary/aromatic N) is 1. The maximum Gasteiger partial charge on any atom is 0.289 e. The van der Waals surface area contributed by atoms with Gasteiger partial charge in [0.15, 0.2) is 4.83 Å². The Hall–Kier alpha value is -2.91. The smallest absolute Gasteiger partial charge is 0.289 e. The molecule has 2 heterocycles. The first-order chi connectivity index (χ1) is 11.5. The van der Waals surface area contributed by atoms with E-state index in [1.54, 1.807) is 12.1 Å². The Balaban J connectivity index is 2.24. The standard InChI is InChI=1S/C18H16N4OS/c1-3-11-12(8-19)17(21)22-18-13(11)14(20)16(24-18)15(23)10-6-4-9(2)5-7-10/h4-7H,3,20H2,1-2H3,(H2,21,22)/p+1. The lowest BCUT2D eigenvalue weighted by Gasteiger charge is -2.04. The van der Waals surface area contributed by atoms with Gasteiger partial charge in [0.2, 0.25) is 5.78 Å². The Kier molecular flexibility index (Phi) is 3.96. The fourth-order valence-electron chi connectivity index (χ4n) is 2.79. The van der Waals surface area contributed by atoms with Crippen LogP contribution in [0, 0.1) is 18.3 Å². The van der Waals surface area contributed by atoms with Crippen molar-refractivity contribution in [3.8, 4) is 6.07 Å². The number of nitrogen functional groups attached to an aromatic ring is 2. The number of fused-ring (bicyclic) bond motifs is 1. The second-order valence-electron chi connectivity index (χ2n) is 5.60. The second kappa shape index (κ2) is 5.95. The third-order valence-corrected chi connectivity index (χ3v) is 5.17. The molecule has 1 aromatic carbocycles. The number of rotatable bonds is 3. The molecule has 5 nitrogen and oxygen atoms in total. The van der Waals surface area contributed by atoms with Crippen molar-refractivity contribution in [2.75, 3.05) is 11.5 Å². The van der Waals surface area contributed by atoms with Crippen LogP contribution in [0.25, 0.3) is 10.2 Å². The Labute approximate surface area is 143 Å². The first-order valence-corrected chi connectivity index (χ1v) is 8.36. The molecule has 0 fully saturated rings. The average Bonchev–Trinajstić information content (AvgIpc) is 2.90. The van der Waals surface area contributed by atoms with Crippen molar-refractivity contribution in [1.82, 2.24) is 0 Å². The zero-order valence-electron chi connectivity index (χ0n) is 13.4. The number of carbonyl (C=O) groups excluding carboxylic acids is 1. The van der Waals surface area contributed by atoms with Gasteiger partial charge in [-0.05, 0) is 18.9 Å². The summed E-state index contributed by atoms with van der Waals surface area (Å²) in [5, 5.41) is 10.1. The molecular formula is C18H17N4OS+. The van der Waals surface area contributed by atoms with Gasteiger partial charge in [0.25, 0.3) is 5.82 Å². The SMILES string of the molecule is CCc1c(C#N)c(N)[nH+]c2sc(C(=O)c3ccc(C)cc3)c(N)c12. The van der Waals surface area contributed by atoms with Gasteiger partial charge in [0, 0.05) is 5.56 Å². The molecule has 2 aromatic heterocycles. The van der Waals surface area contributed by atoms with E-state index in [-0.39, 0.29) is 5.78 Å². The minimum Gasteiger partial charge on any atom is -0.397 e. The minimum atomic E-state index is -0.124. The highest BCUT2D eigenvalue weighted by atomic mass is 32.1. The van der Waals surface area contributed by atoms with Crippen LogP contribution in [0.4, 0.5) is 11.5 Å². The van der Waals surface area contributed by atoms with Crippen LogP contribution in [0.3, 0.4) is 0 Å². The number of nitrogens with two attached hydrogens (primary N) is 2. The zero-order chi connectivity index (χ0) is 17.4. The fraction of sp³-hybridized carbons (Fsp3) is 0.167. The molecule has 24 heavy (non-hydrogen) atoms. The summed E-state index contributed by atoms with van der Waals surface area (Å²) in [7, 11) is 0. The molecule has 0 unspecified atom stereocenters. The number of nitrogens with one attached hydrogen (secondary N) is 1. The molecule has 0 bridgehead atoms. The van der Waals surface area contributed by atoms with Crippen LogP contribution in [-0.4, -0.2) is 5.78 Å². The van der Waals surface area contributed by atoms with E-state index in [1.165, 1.54) is 11.3 Å². The second-order valence-corrected chi connectivity index (χ2v) is 6.62. The van der Waals surface area contributed by atoms with E-state index in [1.807, 2.05) is 26.0 Å². The van der Waals surface area contributed by atoms with E-state index in [2.05, 4.69) is 11.1 Å². The normalized spacial score (nSPS) is 10.7. The number of anilines is 2. The molecule has 0 aliphatic carbocycles. The topological polar surface area (TPSA) is 107 Å². The van der Waals surface area contributed by atoms with Crippen LogP contribution >= 0.6 is 11.3 Å². The molecule has 5 N–H and O–H groups in total. The van der Waals surface area contributed by atoms with Gasteiger partial charge in [-0.1, -0.05) is 48.1 Å². The third kappa shape index (κ3) is 2.39. The largest absolute Gasteiger partial charge is 0.397 e. The molecule has 0 aliphatic rings. The number of ketones is 1. The molecule has 0 aliphatic heterocycles. The third-order valence-electron chi connectivity index (χ3n) is 4.05. The molecule has 0 atom stereocenters. The van der Waals surface area contributed by atoms with Crippen LogP contribution in [0.1, 0.15) is 38.8 Å². The molecule has 0 saturated carbocycles. The summed E-state index contributed by atoms with van der Waals surface area (Å²) >= 11 is 1.27. The summed E-state index contributed by atoms with van der Waals surface area (Å²) < 4.78 is 0. The highest BCUT2D eigenvalue weighted by molar-refractivity contribution is 7.21. The van der Waals surface area contributed by atoms with Crippen molar-refractivity contribution in [3.63, 3.8) is 0 Å². The summed E-state index contributed by atoms with van der Waals surface area (Å²) in [6, 6.07) is 9.49. The highest BCUT2D eigenvalue weighted by Crippen LogP contribution is 2.37. The Morgan fingerprint density at radius 1 is 1.29 bits per heavy atom. The number of aryl methyl sites for hydroxylation is 2. The van der Waals surface area contributed by atoms with Crippen LogP contribution in [0.5, 0.6) is 0 Å². The van der Waals surface area contributed by atoms with Gasteiger partial charge in [0.05, 0.1) is 11.1 Å². The van der Waals surface area contributed by atoms with Crippen molar-refractivity contribution in [1.29, 1.82) is 5.26 Å². The average molecular weight is 337 g/mol. The Morgan fingerprint density at radius 3 is 2.54 bits per heavy atom. The van der Waals surface area contributed by atoms with Gasteiger partial charge in [-0.2, -0.15) is 5.26 Å². The van der Waals surface area contributed by atoms with E-state index in [0.29, 0.717) is 33.9 Å². The molecule has 0 radical (unpaired) electrons. The first kappa shape index (κ1) is 16.0. The number of pyridine rings is 1. The molecule has 3 aromatic rings. The van der Waals surface area contributed by atoms with Crippen molar-refractivity contribution < 1.29 is 9.78 Å².